The average molecular weight is 546 g/mol. The number of piperazine rings is 1. The van der Waals surface area contributed by atoms with E-state index in [-0.39, 0.29) is 36.0 Å². The number of halogens is 1. The minimum Gasteiger partial charge on any atom is -0.378 e. The van der Waals surface area contributed by atoms with Crippen LogP contribution in [0.1, 0.15) is 33.6 Å². The number of anilines is 1. The Morgan fingerprint density at radius 3 is 2.32 bits per heavy atom. The summed E-state index contributed by atoms with van der Waals surface area (Å²) in [7, 11) is 1.75. The summed E-state index contributed by atoms with van der Waals surface area (Å²) in [5, 5.41) is 6.57. The highest BCUT2D eigenvalue weighted by Gasteiger charge is 2.21. The number of carbonyl (C=O) groups excluding carboxylic acids is 1. The molecule has 176 valence electrons. The number of carbonyl (C=O) groups is 1. The Bertz CT molecular complexity index is 649. The van der Waals surface area contributed by atoms with E-state index in [1.165, 1.54) is 5.69 Å². The van der Waals surface area contributed by atoms with Gasteiger partial charge >= 0.3 is 0 Å². The van der Waals surface area contributed by atoms with Gasteiger partial charge in [0.2, 0.25) is 5.91 Å². The van der Waals surface area contributed by atoms with Gasteiger partial charge in [-0.15, -0.1) is 24.0 Å². The molecule has 0 spiro atoms. The van der Waals surface area contributed by atoms with Crippen molar-refractivity contribution >= 4 is 41.5 Å². The van der Waals surface area contributed by atoms with E-state index in [9.17, 15) is 4.79 Å². The number of nitrogens with zero attached hydrogens (tertiary/aromatic N) is 3. The summed E-state index contributed by atoms with van der Waals surface area (Å²) >= 11 is 0. The molecule has 0 saturated carbocycles. The smallest absolute Gasteiger partial charge is 0.224 e. The second-order valence-corrected chi connectivity index (χ2v) is 7.91. The summed E-state index contributed by atoms with van der Waals surface area (Å²) in [6.45, 7) is 11.8. The third-order valence-electron chi connectivity index (χ3n) is 5.45. The maximum Gasteiger partial charge on any atom is 0.224 e. The Morgan fingerprint density at radius 2 is 1.74 bits per heavy atom. The summed E-state index contributed by atoms with van der Waals surface area (Å²) < 4.78 is 5.78. The summed E-state index contributed by atoms with van der Waals surface area (Å²) in [6.07, 6.45) is 1.65. The van der Waals surface area contributed by atoms with E-state index >= 15 is 0 Å². The molecule has 1 amide bonds. The maximum absolute atomic E-state index is 12.6. The van der Waals surface area contributed by atoms with Crippen LogP contribution in [0, 0.1) is 5.92 Å². The molecular formula is C23H40IN5O2. The normalized spacial score (nSPS) is 15.5. The van der Waals surface area contributed by atoms with E-state index in [0.717, 1.165) is 51.7 Å². The molecule has 2 N–H and O–H groups in total. The summed E-state index contributed by atoms with van der Waals surface area (Å²) in [6, 6.07) is 10.4. The van der Waals surface area contributed by atoms with Crippen LogP contribution in [0.3, 0.4) is 0 Å². The van der Waals surface area contributed by atoms with Crippen molar-refractivity contribution in [1.82, 2.24) is 15.5 Å². The first-order valence-electron chi connectivity index (χ1n) is 11.2. The van der Waals surface area contributed by atoms with Crippen molar-refractivity contribution in [3.8, 4) is 0 Å². The first-order valence-corrected chi connectivity index (χ1v) is 11.2. The molecule has 8 heteroatoms. The predicted octanol–water partition coefficient (Wildman–Crippen LogP) is 2.96. The van der Waals surface area contributed by atoms with Gasteiger partial charge in [0.05, 0.1) is 6.10 Å². The molecule has 7 nitrogen and oxygen atoms in total. The Kier molecular flexibility index (Phi) is 13.6. The van der Waals surface area contributed by atoms with Gasteiger partial charge in [0.1, 0.15) is 0 Å². The van der Waals surface area contributed by atoms with Crippen molar-refractivity contribution in [3.63, 3.8) is 0 Å². The quantitative estimate of drug-likeness (QED) is 0.269. The Hall–Kier alpha value is -1.55. The van der Waals surface area contributed by atoms with E-state index in [1.54, 1.807) is 7.05 Å². The molecule has 0 bridgehead atoms. The lowest BCUT2D eigenvalue weighted by atomic mass is 10.0. The number of hydrogen-bond acceptors (Lipinski definition) is 4. The lowest BCUT2D eigenvalue weighted by Crippen LogP contribution is -2.49. The molecule has 1 unspecified atom stereocenters. The van der Waals surface area contributed by atoms with Crippen LogP contribution in [-0.2, 0) is 9.53 Å². The van der Waals surface area contributed by atoms with Crippen LogP contribution < -0.4 is 15.5 Å². The van der Waals surface area contributed by atoms with Crippen LogP contribution in [0.15, 0.2) is 35.3 Å². The molecule has 1 aromatic rings. The van der Waals surface area contributed by atoms with Gasteiger partial charge in [-0.2, -0.15) is 0 Å². The third-order valence-corrected chi connectivity index (χ3v) is 5.45. The van der Waals surface area contributed by atoms with E-state index < -0.39 is 0 Å². The number of aliphatic imine (C=N–C) groups is 1. The SMILES string of the molecule is CCOC(CCNC(=NC)NCCC(=O)N1CCN(c2ccccc2)CC1)C(C)C.I. The standard InChI is InChI=1S/C23H39N5O2.HI/c1-5-30-21(19(2)3)11-13-25-23(24-4)26-14-12-22(29)28-17-15-27(16-18-28)20-9-7-6-8-10-20;/h6-10,19,21H,5,11-18H2,1-4H3,(H2,24,25,26);1H. The molecule has 1 aliphatic rings. The van der Waals surface area contributed by atoms with Crippen molar-refractivity contribution in [2.75, 3.05) is 57.8 Å². The van der Waals surface area contributed by atoms with Crippen molar-refractivity contribution in [1.29, 1.82) is 0 Å². The topological polar surface area (TPSA) is 69.2 Å². The van der Waals surface area contributed by atoms with Gasteiger partial charge in [0, 0.05) is 65.0 Å². The maximum atomic E-state index is 12.6. The second-order valence-electron chi connectivity index (χ2n) is 7.91. The van der Waals surface area contributed by atoms with Crippen molar-refractivity contribution in [2.24, 2.45) is 10.9 Å². The molecule has 0 aromatic heterocycles. The molecule has 1 aromatic carbocycles. The number of guanidine groups is 1. The van der Waals surface area contributed by atoms with Gasteiger partial charge in [-0.25, -0.2) is 0 Å². The van der Waals surface area contributed by atoms with E-state index in [0.29, 0.717) is 18.9 Å². The fourth-order valence-corrected chi connectivity index (χ4v) is 3.68. The van der Waals surface area contributed by atoms with Crippen LogP contribution in [-0.4, -0.2) is 75.8 Å². The predicted molar refractivity (Wildman–Crippen MR) is 140 cm³/mol. The minimum atomic E-state index is 0. The number of hydrogen-bond donors (Lipinski definition) is 2. The molecule has 31 heavy (non-hydrogen) atoms. The molecule has 1 heterocycles. The molecule has 0 radical (unpaired) electrons. The number of para-hydroxylation sites is 1. The lowest BCUT2D eigenvalue weighted by molar-refractivity contribution is -0.131. The van der Waals surface area contributed by atoms with Gasteiger partial charge in [-0.1, -0.05) is 32.0 Å². The van der Waals surface area contributed by atoms with Gasteiger partial charge in [-0.3, -0.25) is 9.79 Å². The Balaban J connectivity index is 0.00000480. The van der Waals surface area contributed by atoms with Gasteiger partial charge in [-0.05, 0) is 31.4 Å². The van der Waals surface area contributed by atoms with Crippen LogP contribution in [0.4, 0.5) is 5.69 Å². The van der Waals surface area contributed by atoms with Crippen LogP contribution in [0.25, 0.3) is 0 Å². The van der Waals surface area contributed by atoms with Gasteiger partial charge < -0.3 is 25.2 Å². The van der Waals surface area contributed by atoms with E-state index in [2.05, 4.69) is 58.6 Å². The van der Waals surface area contributed by atoms with Crippen molar-refractivity contribution < 1.29 is 9.53 Å². The van der Waals surface area contributed by atoms with Crippen LogP contribution in [0.2, 0.25) is 0 Å². The fraction of sp³-hybridized carbons (Fsp3) is 0.652. The Labute approximate surface area is 205 Å². The zero-order valence-corrected chi connectivity index (χ0v) is 21.8. The highest BCUT2D eigenvalue weighted by molar-refractivity contribution is 14.0. The summed E-state index contributed by atoms with van der Waals surface area (Å²) in [5.74, 6) is 1.42. The van der Waals surface area contributed by atoms with Crippen molar-refractivity contribution in [3.05, 3.63) is 30.3 Å². The zero-order valence-electron chi connectivity index (χ0n) is 19.5. The second kappa shape index (κ2) is 15.3. The first-order chi connectivity index (χ1) is 14.5. The molecule has 1 aliphatic heterocycles. The fourth-order valence-electron chi connectivity index (χ4n) is 3.68. The minimum absolute atomic E-state index is 0. The molecule has 1 atom stereocenters. The molecule has 0 aliphatic carbocycles. The number of ether oxygens (including phenoxy) is 1. The summed E-state index contributed by atoms with van der Waals surface area (Å²) in [4.78, 5) is 21.1. The molecule has 1 fully saturated rings. The van der Waals surface area contributed by atoms with Gasteiger partial charge in [0.25, 0.3) is 0 Å². The van der Waals surface area contributed by atoms with Crippen LogP contribution in [0.5, 0.6) is 0 Å². The highest BCUT2D eigenvalue weighted by atomic mass is 127. The average Bonchev–Trinajstić information content (AvgIpc) is 2.77. The van der Waals surface area contributed by atoms with E-state index in [1.807, 2.05) is 17.9 Å². The Morgan fingerprint density at radius 1 is 1.10 bits per heavy atom. The number of nitrogens with one attached hydrogen (secondary N) is 2. The largest absolute Gasteiger partial charge is 0.378 e. The van der Waals surface area contributed by atoms with Crippen molar-refractivity contribution in [2.45, 2.75) is 39.7 Å². The zero-order chi connectivity index (χ0) is 21.8. The van der Waals surface area contributed by atoms with E-state index in [4.69, 9.17) is 4.74 Å². The van der Waals surface area contributed by atoms with Gasteiger partial charge in [0.15, 0.2) is 5.96 Å². The number of benzene rings is 1. The molecule has 1 saturated heterocycles. The summed E-state index contributed by atoms with van der Waals surface area (Å²) in [5.41, 5.74) is 1.23. The first kappa shape index (κ1) is 27.5. The molecular weight excluding hydrogens is 505 g/mol. The third kappa shape index (κ3) is 9.64. The monoisotopic (exact) mass is 545 g/mol. The number of rotatable bonds is 10. The number of amides is 1. The highest BCUT2D eigenvalue weighted by Crippen LogP contribution is 2.15. The molecule has 2 rings (SSSR count). The van der Waals surface area contributed by atoms with Crippen LogP contribution >= 0.6 is 24.0 Å². The lowest BCUT2D eigenvalue weighted by Gasteiger charge is -2.36.